The monoisotopic (exact) mass is 391 g/mol. The molecule has 1 aromatic rings. The van der Waals surface area contributed by atoms with E-state index < -0.39 is 16.5 Å². The smallest absolute Gasteiger partial charge is 0.394 e. The van der Waals surface area contributed by atoms with Crippen LogP contribution in [0, 0.1) is 5.92 Å². The molecule has 2 fully saturated rings. The molecular formula is C17H29NO7S. The molecule has 6 N–H and O–H groups in total. The van der Waals surface area contributed by atoms with E-state index in [1.54, 1.807) is 0 Å². The van der Waals surface area contributed by atoms with Crippen molar-refractivity contribution in [3.63, 3.8) is 0 Å². The second-order valence-corrected chi connectivity index (χ2v) is 7.82. The summed E-state index contributed by atoms with van der Waals surface area (Å²) < 4.78 is 31.6. The summed E-state index contributed by atoms with van der Waals surface area (Å²) in [5.74, 6) is 0.171. The van der Waals surface area contributed by atoms with Gasteiger partial charge >= 0.3 is 10.4 Å². The zero-order valence-electron chi connectivity index (χ0n) is 14.8. The Labute approximate surface area is 154 Å². The molecular weight excluding hydrogens is 362 g/mol. The number of aliphatic hydroxyl groups is 2. The molecule has 2 aliphatic heterocycles. The van der Waals surface area contributed by atoms with Gasteiger partial charge in [0.25, 0.3) is 0 Å². The molecule has 2 heterocycles. The van der Waals surface area contributed by atoms with E-state index in [4.69, 9.17) is 17.5 Å². The van der Waals surface area contributed by atoms with Crippen LogP contribution < -0.4 is 0 Å². The summed E-state index contributed by atoms with van der Waals surface area (Å²) in [7, 11) is -2.45. The Bertz CT molecular complexity index is 618. The van der Waals surface area contributed by atoms with Crippen LogP contribution in [0.2, 0.25) is 0 Å². The first-order valence-corrected chi connectivity index (χ1v) is 9.86. The molecule has 150 valence electrons. The summed E-state index contributed by atoms with van der Waals surface area (Å²) >= 11 is 0. The third-order valence-corrected chi connectivity index (χ3v) is 5.45. The van der Waals surface area contributed by atoms with Crippen molar-refractivity contribution < 1.29 is 33.2 Å². The Morgan fingerprint density at radius 3 is 2.00 bits per heavy atom. The van der Waals surface area contributed by atoms with E-state index in [0.717, 1.165) is 18.4 Å². The highest BCUT2D eigenvalue weighted by Gasteiger charge is 2.42. The summed E-state index contributed by atoms with van der Waals surface area (Å²) in [5.41, 5.74) is 1.05. The molecule has 4 unspecified atom stereocenters. The minimum atomic E-state index is -4.67. The van der Waals surface area contributed by atoms with Crippen LogP contribution in [0.25, 0.3) is 0 Å². The summed E-state index contributed by atoms with van der Waals surface area (Å²) in [6, 6.07) is 11.2. The molecule has 0 amide bonds. The first kappa shape index (κ1) is 23.0. The molecule has 3 rings (SSSR count). The summed E-state index contributed by atoms with van der Waals surface area (Å²) in [5, 5.41) is 20.5. The lowest BCUT2D eigenvalue weighted by molar-refractivity contribution is 0.00839. The van der Waals surface area contributed by atoms with Crippen LogP contribution in [-0.4, -0.2) is 70.0 Å². The average molecular weight is 391 g/mol. The van der Waals surface area contributed by atoms with E-state index in [2.05, 4.69) is 11.9 Å². The third-order valence-electron chi connectivity index (χ3n) is 5.45. The molecule has 2 bridgehead atoms. The summed E-state index contributed by atoms with van der Waals surface area (Å²) in [4.78, 5) is 2.49. The van der Waals surface area contributed by atoms with Crippen molar-refractivity contribution in [3.05, 3.63) is 35.9 Å². The van der Waals surface area contributed by atoms with Crippen molar-refractivity contribution in [1.82, 2.24) is 4.90 Å². The standard InChI is InChI=1S/C17H25NO2.H2O4S.H2O/c1-18-14-7-8-15(18)10-13(9-14)17(20)16(11-19)12-5-3-2-4-6-12;1-5(2,3)4;/h2-6,13-17,19-20H,7-11H2,1H3;(H2,1,2,3,4);1H2/t13?,14-,15?,16?,17?;;/m1../s1. The van der Waals surface area contributed by atoms with Gasteiger partial charge in [0.05, 0.1) is 12.7 Å². The van der Waals surface area contributed by atoms with Gasteiger partial charge in [0.2, 0.25) is 0 Å². The van der Waals surface area contributed by atoms with Crippen LogP contribution in [0.4, 0.5) is 0 Å². The van der Waals surface area contributed by atoms with Gasteiger partial charge in [-0.25, -0.2) is 0 Å². The maximum absolute atomic E-state index is 10.8. The van der Waals surface area contributed by atoms with Crippen molar-refractivity contribution >= 4 is 10.4 Å². The highest BCUT2D eigenvalue weighted by molar-refractivity contribution is 7.79. The Kier molecular flexibility index (Phi) is 8.61. The number of rotatable bonds is 4. The van der Waals surface area contributed by atoms with Gasteiger partial charge in [0, 0.05) is 18.0 Å². The highest BCUT2D eigenvalue weighted by atomic mass is 32.3. The second kappa shape index (κ2) is 9.75. The van der Waals surface area contributed by atoms with E-state index in [-0.39, 0.29) is 18.0 Å². The molecule has 0 spiro atoms. The minimum Gasteiger partial charge on any atom is -0.412 e. The quantitative estimate of drug-likeness (QED) is 0.546. The predicted octanol–water partition coefficient (Wildman–Crippen LogP) is 0.519. The fraction of sp³-hybridized carbons (Fsp3) is 0.647. The first-order chi connectivity index (χ1) is 11.7. The molecule has 0 radical (unpaired) electrons. The number of benzene rings is 1. The number of aliphatic hydroxyl groups excluding tert-OH is 2. The molecule has 0 aliphatic carbocycles. The molecule has 2 aliphatic rings. The third kappa shape index (κ3) is 6.27. The van der Waals surface area contributed by atoms with Gasteiger partial charge in [0.15, 0.2) is 0 Å². The van der Waals surface area contributed by atoms with Crippen molar-refractivity contribution in [2.24, 2.45) is 5.92 Å². The van der Waals surface area contributed by atoms with E-state index in [0.29, 0.717) is 18.0 Å². The number of hydrogen-bond acceptors (Lipinski definition) is 5. The van der Waals surface area contributed by atoms with Gasteiger partial charge in [0.1, 0.15) is 0 Å². The number of piperidine rings is 1. The van der Waals surface area contributed by atoms with Crippen LogP contribution in [0.5, 0.6) is 0 Å². The zero-order chi connectivity index (χ0) is 18.6. The fourth-order valence-electron chi connectivity index (χ4n) is 4.17. The van der Waals surface area contributed by atoms with Crippen molar-refractivity contribution in [3.8, 4) is 0 Å². The van der Waals surface area contributed by atoms with Crippen LogP contribution in [-0.2, 0) is 10.4 Å². The van der Waals surface area contributed by atoms with Gasteiger partial charge in [-0.2, -0.15) is 8.42 Å². The molecule has 9 heteroatoms. The number of nitrogens with zero attached hydrogens (tertiary/aromatic N) is 1. The maximum Gasteiger partial charge on any atom is 0.394 e. The Hall–Kier alpha value is -1.07. The molecule has 5 atom stereocenters. The van der Waals surface area contributed by atoms with E-state index in [1.807, 2.05) is 30.3 Å². The van der Waals surface area contributed by atoms with Gasteiger partial charge in [-0.1, -0.05) is 30.3 Å². The molecule has 1 aromatic carbocycles. The Balaban J connectivity index is 0.000000501. The van der Waals surface area contributed by atoms with Crippen LogP contribution in [0.15, 0.2) is 30.3 Å². The molecule has 8 nitrogen and oxygen atoms in total. The van der Waals surface area contributed by atoms with Crippen molar-refractivity contribution in [2.75, 3.05) is 13.7 Å². The first-order valence-electron chi connectivity index (χ1n) is 8.46. The molecule has 0 saturated carbocycles. The van der Waals surface area contributed by atoms with Gasteiger partial charge in [-0.05, 0) is 44.2 Å². The lowest BCUT2D eigenvalue weighted by Gasteiger charge is -2.40. The second-order valence-electron chi connectivity index (χ2n) is 6.92. The van der Waals surface area contributed by atoms with Crippen molar-refractivity contribution in [1.29, 1.82) is 0 Å². The Morgan fingerprint density at radius 2 is 1.58 bits per heavy atom. The fourth-order valence-corrected chi connectivity index (χ4v) is 4.17. The lowest BCUT2D eigenvalue weighted by Crippen LogP contribution is -2.44. The minimum absolute atomic E-state index is 0. The van der Waals surface area contributed by atoms with Gasteiger partial charge < -0.3 is 20.6 Å². The molecule has 0 aromatic heterocycles. The SMILES string of the molecule is CN1C2CC[C@@H]1CC(C(O)C(CO)c1ccccc1)C2.O.O=S(=O)(O)O. The highest BCUT2D eigenvalue weighted by Crippen LogP contribution is 2.41. The van der Waals surface area contributed by atoms with E-state index >= 15 is 0 Å². The summed E-state index contributed by atoms with van der Waals surface area (Å²) in [6.07, 6.45) is 4.23. The normalized spacial score (nSPS) is 27.7. The maximum atomic E-state index is 10.8. The Morgan fingerprint density at radius 1 is 1.12 bits per heavy atom. The topological polar surface area (TPSA) is 150 Å². The average Bonchev–Trinajstić information content (AvgIpc) is 2.75. The number of hydrogen-bond donors (Lipinski definition) is 4. The van der Waals surface area contributed by atoms with E-state index in [1.165, 1.54) is 12.8 Å². The van der Waals surface area contributed by atoms with Crippen LogP contribution >= 0.6 is 0 Å². The van der Waals surface area contributed by atoms with Gasteiger partial charge in [-0.3, -0.25) is 9.11 Å². The van der Waals surface area contributed by atoms with Crippen molar-refractivity contribution in [2.45, 2.75) is 49.8 Å². The molecule has 26 heavy (non-hydrogen) atoms. The van der Waals surface area contributed by atoms with E-state index in [9.17, 15) is 10.2 Å². The lowest BCUT2D eigenvalue weighted by atomic mass is 9.79. The predicted molar refractivity (Wildman–Crippen MR) is 97.4 cm³/mol. The largest absolute Gasteiger partial charge is 0.412 e. The van der Waals surface area contributed by atoms with Crippen LogP contribution in [0.3, 0.4) is 0 Å². The number of fused-ring (bicyclic) bond motifs is 2. The van der Waals surface area contributed by atoms with Gasteiger partial charge in [-0.15, -0.1) is 0 Å². The molecule has 2 saturated heterocycles. The summed E-state index contributed by atoms with van der Waals surface area (Å²) in [6.45, 7) is 0.0207. The van der Waals surface area contributed by atoms with Crippen LogP contribution in [0.1, 0.15) is 37.2 Å². The zero-order valence-corrected chi connectivity index (χ0v) is 15.6.